The standard InChI is InChI=1S/C13H8F6N2/c14-12(15,16)8-3-1-2-7(6-8)9-4-5-10(13(17,18)19)21-11(9)20/h1-6H,(H2,20,21). The van der Waals surface area contributed by atoms with E-state index in [4.69, 9.17) is 5.73 Å². The molecule has 2 nitrogen and oxygen atoms in total. The van der Waals surface area contributed by atoms with Gasteiger partial charge in [0.2, 0.25) is 0 Å². The number of halogens is 6. The fraction of sp³-hybridized carbons (Fsp3) is 0.154. The summed E-state index contributed by atoms with van der Waals surface area (Å²) in [5.74, 6) is -0.482. The van der Waals surface area contributed by atoms with E-state index in [0.717, 1.165) is 24.3 Å². The lowest BCUT2D eigenvalue weighted by Gasteiger charge is -2.12. The van der Waals surface area contributed by atoms with Crippen molar-refractivity contribution in [1.29, 1.82) is 0 Å². The van der Waals surface area contributed by atoms with Crippen LogP contribution in [-0.4, -0.2) is 4.98 Å². The van der Waals surface area contributed by atoms with Crippen LogP contribution in [0.15, 0.2) is 36.4 Å². The lowest BCUT2D eigenvalue weighted by atomic mass is 10.0. The molecule has 112 valence electrons. The van der Waals surface area contributed by atoms with Gasteiger partial charge in [-0.3, -0.25) is 0 Å². The Balaban J connectivity index is 2.48. The first-order chi connectivity index (χ1) is 9.59. The van der Waals surface area contributed by atoms with E-state index < -0.39 is 29.4 Å². The molecule has 0 aliphatic rings. The number of aromatic nitrogens is 1. The Bertz CT molecular complexity index is 660. The van der Waals surface area contributed by atoms with Gasteiger partial charge in [-0.25, -0.2) is 4.98 Å². The first kappa shape index (κ1) is 15.1. The normalized spacial score (nSPS) is 12.5. The third-order valence-corrected chi connectivity index (χ3v) is 2.72. The number of hydrogen-bond acceptors (Lipinski definition) is 2. The Kier molecular flexibility index (Phi) is 3.56. The van der Waals surface area contributed by atoms with Crippen LogP contribution >= 0.6 is 0 Å². The van der Waals surface area contributed by atoms with Gasteiger partial charge in [-0.05, 0) is 29.8 Å². The Morgan fingerprint density at radius 3 is 2.05 bits per heavy atom. The summed E-state index contributed by atoms with van der Waals surface area (Å²) in [6.07, 6.45) is -9.22. The molecule has 2 aromatic rings. The molecule has 0 spiro atoms. The van der Waals surface area contributed by atoms with E-state index in [1.165, 1.54) is 6.07 Å². The minimum atomic E-state index is -4.67. The van der Waals surface area contributed by atoms with Crippen molar-refractivity contribution < 1.29 is 26.3 Å². The predicted molar refractivity (Wildman–Crippen MR) is 64.1 cm³/mol. The third-order valence-electron chi connectivity index (χ3n) is 2.72. The van der Waals surface area contributed by atoms with Crippen molar-refractivity contribution in [3.8, 4) is 11.1 Å². The minimum Gasteiger partial charge on any atom is -0.383 e. The van der Waals surface area contributed by atoms with Crippen molar-refractivity contribution in [3.63, 3.8) is 0 Å². The smallest absolute Gasteiger partial charge is 0.383 e. The van der Waals surface area contributed by atoms with Crippen LogP contribution < -0.4 is 5.73 Å². The number of alkyl halides is 6. The van der Waals surface area contributed by atoms with Crippen molar-refractivity contribution in [3.05, 3.63) is 47.7 Å². The maximum absolute atomic E-state index is 12.6. The minimum absolute atomic E-state index is 0.00843. The highest BCUT2D eigenvalue weighted by atomic mass is 19.4. The second kappa shape index (κ2) is 4.94. The lowest BCUT2D eigenvalue weighted by Crippen LogP contribution is -2.10. The molecular weight excluding hydrogens is 298 g/mol. The van der Waals surface area contributed by atoms with Crippen LogP contribution in [0.25, 0.3) is 11.1 Å². The molecule has 21 heavy (non-hydrogen) atoms. The van der Waals surface area contributed by atoms with Gasteiger partial charge in [0.05, 0.1) is 5.56 Å². The van der Waals surface area contributed by atoms with Gasteiger partial charge in [-0.15, -0.1) is 0 Å². The summed E-state index contributed by atoms with van der Waals surface area (Å²) in [6, 6.07) is 5.80. The average Bonchev–Trinajstić information content (AvgIpc) is 2.36. The van der Waals surface area contributed by atoms with E-state index in [9.17, 15) is 26.3 Å². The summed E-state index contributed by atoms with van der Waals surface area (Å²) in [7, 11) is 0. The van der Waals surface area contributed by atoms with Crippen LogP contribution in [0.1, 0.15) is 11.3 Å². The molecule has 2 N–H and O–H groups in total. The van der Waals surface area contributed by atoms with Crippen molar-refractivity contribution in [2.24, 2.45) is 0 Å². The largest absolute Gasteiger partial charge is 0.433 e. The van der Waals surface area contributed by atoms with Gasteiger partial charge in [-0.2, -0.15) is 26.3 Å². The predicted octanol–water partition coefficient (Wildman–Crippen LogP) is 4.37. The van der Waals surface area contributed by atoms with Gasteiger partial charge in [0, 0.05) is 5.56 Å². The molecule has 0 amide bonds. The van der Waals surface area contributed by atoms with Gasteiger partial charge >= 0.3 is 12.4 Å². The molecule has 0 saturated carbocycles. The Morgan fingerprint density at radius 2 is 1.52 bits per heavy atom. The highest BCUT2D eigenvalue weighted by molar-refractivity contribution is 5.74. The number of pyridine rings is 1. The number of anilines is 1. The molecule has 0 fully saturated rings. The van der Waals surface area contributed by atoms with E-state index in [-0.39, 0.29) is 11.1 Å². The third kappa shape index (κ3) is 3.26. The zero-order chi connectivity index (χ0) is 15.8. The van der Waals surface area contributed by atoms with Crippen LogP contribution in [0.5, 0.6) is 0 Å². The number of nitrogen functional groups attached to an aromatic ring is 1. The average molecular weight is 306 g/mol. The summed E-state index contributed by atoms with van der Waals surface area (Å²) in [5.41, 5.74) is 3.35. The maximum atomic E-state index is 12.6. The van der Waals surface area contributed by atoms with E-state index in [2.05, 4.69) is 4.98 Å². The number of nitrogens with two attached hydrogens (primary N) is 1. The molecule has 1 heterocycles. The quantitative estimate of drug-likeness (QED) is 0.795. The molecule has 0 aliphatic heterocycles. The first-order valence-electron chi connectivity index (χ1n) is 5.60. The molecule has 0 unspecified atom stereocenters. The van der Waals surface area contributed by atoms with Crippen LogP contribution in [-0.2, 0) is 12.4 Å². The molecule has 0 saturated heterocycles. The van der Waals surface area contributed by atoms with E-state index >= 15 is 0 Å². The van der Waals surface area contributed by atoms with E-state index in [1.54, 1.807) is 0 Å². The number of nitrogens with zero attached hydrogens (tertiary/aromatic N) is 1. The molecule has 2 rings (SSSR count). The number of rotatable bonds is 1. The Hall–Kier alpha value is -2.25. The zero-order valence-electron chi connectivity index (χ0n) is 10.3. The summed E-state index contributed by atoms with van der Waals surface area (Å²) in [4.78, 5) is 3.18. The fourth-order valence-corrected chi connectivity index (χ4v) is 1.74. The first-order valence-corrected chi connectivity index (χ1v) is 5.60. The molecule has 8 heteroatoms. The maximum Gasteiger partial charge on any atom is 0.433 e. The van der Waals surface area contributed by atoms with E-state index in [0.29, 0.717) is 6.07 Å². The summed E-state index contributed by atoms with van der Waals surface area (Å²) in [6.45, 7) is 0. The Labute approximate surface area is 115 Å². The van der Waals surface area contributed by atoms with Crippen LogP contribution in [0.3, 0.4) is 0 Å². The highest BCUT2D eigenvalue weighted by Gasteiger charge is 2.33. The van der Waals surface area contributed by atoms with E-state index in [1.807, 2.05) is 0 Å². The van der Waals surface area contributed by atoms with Crippen LogP contribution in [0, 0.1) is 0 Å². The zero-order valence-corrected chi connectivity index (χ0v) is 10.3. The Morgan fingerprint density at radius 1 is 0.857 bits per heavy atom. The highest BCUT2D eigenvalue weighted by Crippen LogP contribution is 2.35. The second-order valence-electron chi connectivity index (χ2n) is 4.21. The molecule has 0 aliphatic carbocycles. The lowest BCUT2D eigenvalue weighted by molar-refractivity contribution is -0.141. The van der Waals surface area contributed by atoms with Crippen LogP contribution in [0.2, 0.25) is 0 Å². The van der Waals surface area contributed by atoms with Crippen molar-refractivity contribution >= 4 is 5.82 Å². The molecule has 0 radical (unpaired) electrons. The monoisotopic (exact) mass is 306 g/mol. The van der Waals surface area contributed by atoms with Crippen molar-refractivity contribution in [1.82, 2.24) is 4.98 Å². The topological polar surface area (TPSA) is 38.9 Å². The van der Waals surface area contributed by atoms with Gasteiger partial charge in [0.15, 0.2) is 0 Å². The molecule has 1 aromatic heterocycles. The SMILES string of the molecule is Nc1nc(C(F)(F)F)ccc1-c1cccc(C(F)(F)F)c1. The summed E-state index contributed by atoms with van der Waals surface area (Å²) < 4.78 is 75.2. The summed E-state index contributed by atoms with van der Waals surface area (Å²) >= 11 is 0. The van der Waals surface area contributed by atoms with Gasteiger partial charge in [0.25, 0.3) is 0 Å². The van der Waals surface area contributed by atoms with Crippen molar-refractivity contribution in [2.45, 2.75) is 12.4 Å². The summed E-state index contributed by atoms with van der Waals surface area (Å²) in [5, 5.41) is 0. The van der Waals surface area contributed by atoms with Gasteiger partial charge in [-0.1, -0.05) is 12.1 Å². The van der Waals surface area contributed by atoms with Crippen molar-refractivity contribution in [2.75, 3.05) is 5.73 Å². The second-order valence-corrected chi connectivity index (χ2v) is 4.21. The molecule has 1 aromatic carbocycles. The fourth-order valence-electron chi connectivity index (χ4n) is 1.74. The molecular formula is C13H8F6N2. The van der Waals surface area contributed by atoms with Gasteiger partial charge < -0.3 is 5.73 Å². The van der Waals surface area contributed by atoms with Gasteiger partial charge in [0.1, 0.15) is 11.5 Å². The molecule has 0 atom stereocenters. The molecule has 0 bridgehead atoms. The van der Waals surface area contributed by atoms with Crippen LogP contribution in [0.4, 0.5) is 32.2 Å². The number of hydrogen-bond donors (Lipinski definition) is 1. The number of benzene rings is 1.